The number of hydrazine groups is 1. The summed E-state index contributed by atoms with van der Waals surface area (Å²) in [5, 5.41) is 1.19. The Labute approximate surface area is 125 Å². The molecular formula is C13H13ClFN5O. The molecule has 0 saturated carbocycles. The van der Waals surface area contributed by atoms with Crippen molar-refractivity contribution in [1.82, 2.24) is 9.97 Å². The van der Waals surface area contributed by atoms with Crippen LogP contribution in [-0.2, 0) is 0 Å². The van der Waals surface area contributed by atoms with Crippen molar-refractivity contribution in [2.24, 2.45) is 11.6 Å². The highest BCUT2D eigenvalue weighted by Crippen LogP contribution is 2.21. The second-order valence-corrected chi connectivity index (χ2v) is 4.44. The second-order valence-electron chi connectivity index (χ2n) is 4.03. The van der Waals surface area contributed by atoms with Crippen molar-refractivity contribution in [3.63, 3.8) is 0 Å². The van der Waals surface area contributed by atoms with Crippen molar-refractivity contribution in [2.45, 2.75) is 0 Å². The number of nitrogens with two attached hydrogens (primary N) is 2. The molecule has 0 aliphatic carbocycles. The van der Waals surface area contributed by atoms with Crippen LogP contribution in [0.3, 0.4) is 0 Å². The number of hydrogen-bond donors (Lipinski definition) is 2. The van der Waals surface area contributed by atoms with Gasteiger partial charge in [-0.1, -0.05) is 11.6 Å². The van der Waals surface area contributed by atoms with Crippen LogP contribution in [0, 0.1) is 5.82 Å². The summed E-state index contributed by atoms with van der Waals surface area (Å²) in [7, 11) is 0. The zero-order valence-corrected chi connectivity index (χ0v) is 11.7. The van der Waals surface area contributed by atoms with Gasteiger partial charge in [0, 0.05) is 18.6 Å². The fourth-order valence-electron chi connectivity index (χ4n) is 1.44. The molecule has 110 valence electrons. The van der Waals surface area contributed by atoms with Crippen LogP contribution in [0.25, 0.3) is 0 Å². The highest BCUT2D eigenvalue weighted by atomic mass is 35.5. The Morgan fingerprint density at radius 3 is 2.76 bits per heavy atom. The van der Waals surface area contributed by atoms with Gasteiger partial charge in [0.15, 0.2) is 0 Å². The van der Waals surface area contributed by atoms with Crippen molar-refractivity contribution in [3.8, 4) is 6.01 Å². The first-order valence-electron chi connectivity index (χ1n) is 5.91. The minimum absolute atomic E-state index is 0.0242. The Bertz CT molecular complexity index is 638. The molecule has 0 radical (unpaired) electrons. The molecular weight excluding hydrogens is 297 g/mol. The zero-order chi connectivity index (χ0) is 15.2. The molecule has 8 heteroatoms. The number of aromatic nitrogens is 2. The molecule has 0 fully saturated rings. The molecule has 1 aromatic carbocycles. The van der Waals surface area contributed by atoms with Crippen molar-refractivity contribution in [2.75, 3.05) is 11.6 Å². The maximum absolute atomic E-state index is 13.1. The largest absolute Gasteiger partial charge is 0.457 e. The zero-order valence-electron chi connectivity index (χ0n) is 10.9. The van der Waals surface area contributed by atoms with Gasteiger partial charge in [0.05, 0.1) is 16.4 Å². The van der Waals surface area contributed by atoms with Crippen LogP contribution in [0.1, 0.15) is 0 Å². The maximum atomic E-state index is 13.1. The summed E-state index contributed by atoms with van der Waals surface area (Å²) in [6.45, 7) is 0.0621. The van der Waals surface area contributed by atoms with Gasteiger partial charge in [0.1, 0.15) is 12.4 Å². The average Bonchev–Trinajstić information content (AvgIpc) is 2.49. The van der Waals surface area contributed by atoms with E-state index in [-0.39, 0.29) is 17.6 Å². The lowest BCUT2D eigenvalue weighted by Gasteiger charge is -2.15. The van der Waals surface area contributed by atoms with Crippen LogP contribution in [0.2, 0.25) is 5.02 Å². The topological polar surface area (TPSA) is 90.3 Å². The van der Waals surface area contributed by atoms with E-state index in [0.29, 0.717) is 11.4 Å². The molecule has 6 nitrogen and oxygen atoms in total. The Morgan fingerprint density at radius 1 is 1.38 bits per heavy atom. The van der Waals surface area contributed by atoms with E-state index in [4.69, 9.17) is 27.9 Å². The van der Waals surface area contributed by atoms with Crippen LogP contribution in [0.4, 0.5) is 10.1 Å². The molecule has 0 bridgehead atoms. The van der Waals surface area contributed by atoms with Gasteiger partial charge in [0.25, 0.3) is 0 Å². The quantitative estimate of drug-likeness (QED) is 0.647. The SMILES string of the molecule is N/C(=C\N(N)c1ccc(F)c(Cl)c1)COc1ncccn1. The number of rotatable bonds is 5. The van der Waals surface area contributed by atoms with Gasteiger partial charge in [-0.2, -0.15) is 0 Å². The van der Waals surface area contributed by atoms with E-state index in [0.717, 1.165) is 0 Å². The van der Waals surface area contributed by atoms with E-state index in [1.165, 1.54) is 29.4 Å². The summed E-state index contributed by atoms with van der Waals surface area (Å²) in [5.41, 5.74) is 6.60. The molecule has 1 aromatic heterocycles. The Morgan fingerprint density at radius 2 is 2.10 bits per heavy atom. The minimum atomic E-state index is -0.518. The Balaban J connectivity index is 1.99. The number of halogens is 2. The molecule has 2 rings (SSSR count). The summed E-state index contributed by atoms with van der Waals surface area (Å²) < 4.78 is 18.3. The molecule has 2 aromatic rings. The molecule has 1 heterocycles. The van der Waals surface area contributed by atoms with Crippen molar-refractivity contribution in [3.05, 3.63) is 59.4 Å². The predicted octanol–water partition coefficient (Wildman–Crippen LogP) is 1.83. The monoisotopic (exact) mass is 309 g/mol. The van der Waals surface area contributed by atoms with Crippen LogP contribution >= 0.6 is 11.6 Å². The van der Waals surface area contributed by atoms with Crippen LogP contribution < -0.4 is 21.3 Å². The molecule has 0 aliphatic heterocycles. The smallest absolute Gasteiger partial charge is 0.316 e. The minimum Gasteiger partial charge on any atom is -0.457 e. The maximum Gasteiger partial charge on any atom is 0.316 e. The second kappa shape index (κ2) is 6.87. The molecule has 4 N–H and O–H groups in total. The van der Waals surface area contributed by atoms with Crippen LogP contribution in [0.15, 0.2) is 48.6 Å². The molecule has 21 heavy (non-hydrogen) atoms. The van der Waals surface area contributed by atoms with E-state index < -0.39 is 5.82 Å². The third-order valence-electron chi connectivity index (χ3n) is 2.42. The van der Waals surface area contributed by atoms with Gasteiger partial charge in [0.2, 0.25) is 0 Å². The number of ether oxygens (including phenoxy) is 1. The Kier molecular flexibility index (Phi) is 4.91. The van der Waals surface area contributed by atoms with Gasteiger partial charge >= 0.3 is 6.01 Å². The fourth-order valence-corrected chi connectivity index (χ4v) is 1.62. The first-order valence-corrected chi connectivity index (χ1v) is 6.29. The van der Waals surface area contributed by atoms with Gasteiger partial charge in [-0.25, -0.2) is 20.2 Å². The van der Waals surface area contributed by atoms with E-state index in [2.05, 4.69) is 9.97 Å². The van der Waals surface area contributed by atoms with Gasteiger partial charge in [-0.05, 0) is 24.3 Å². The average molecular weight is 310 g/mol. The summed E-state index contributed by atoms with van der Waals surface area (Å²) in [6, 6.07) is 5.97. The number of hydrogen-bond acceptors (Lipinski definition) is 6. The molecule has 0 aliphatic rings. The first-order chi connectivity index (χ1) is 10.1. The van der Waals surface area contributed by atoms with Crippen molar-refractivity contribution < 1.29 is 9.13 Å². The highest BCUT2D eigenvalue weighted by molar-refractivity contribution is 6.31. The van der Waals surface area contributed by atoms with Crippen LogP contribution in [-0.4, -0.2) is 16.6 Å². The fraction of sp³-hybridized carbons (Fsp3) is 0.0769. The third kappa shape index (κ3) is 4.30. The third-order valence-corrected chi connectivity index (χ3v) is 2.71. The summed E-state index contributed by atoms with van der Waals surface area (Å²) >= 11 is 5.69. The van der Waals surface area contributed by atoms with Crippen LogP contribution in [0.5, 0.6) is 6.01 Å². The Hall–Kier alpha value is -2.38. The van der Waals surface area contributed by atoms with E-state index in [1.807, 2.05) is 0 Å². The summed E-state index contributed by atoms with van der Waals surface area (Å²) in [4.78, 5) is 7.78. The van der Waals surface area contributed by atoms with Crippen molar-refractivity contribution >= 4 is 17.3 Å². The summed E-state index contributed by atoms with van der Waals surface area (Å²) in [6.07, 6.45) is 4.54. The molecule has 0 atom stereocenters. The first kappa shape index (κ1) is 15.0. The lowest BCUT2D eigenvalue weighted by molar-refractivity contribution is 0.321. The van der Waals surface area contributed by atoms with E-state index in [1.54, 1.807) is 18.5 Å². The normalized spacial score (nSPS) is 11.3. The number of nitrogens with zero attached hydrogens (tertiary/aromatic N) is 3. The lowest BCUT2D eigenvalue weighted by atomic mass is 10.3. The lowest BCUT2D eigenvalue weighted by Crippen LogP contribution is -2.27. The molecule has 0 saturated heterocycles. The molecule has 0 amide bonds. The molecule has 0 unspecified atom stereocenters. The van der Waals surface area contributed by atoms with Crippen molar-refractivity contribution in [1.29, 1.82) is 0 Å². The van der Waals surface area contributed by atoms with Gasteiger partial charge in [-0.15, -0.1) is 0 Å². The van der Waals surface area contributed by atoms with E-state index >= 15 is 0 Å². The predicted molar refractivity (Wildman–Crippen MR) is 77.9 cm³/mol. The van der Waals surface area contributed by atoms with Gasteiger partial charge < -0.3 is 10.5 Å². The number of anilines is 1. The van der Waals surface area contributed by atoms with E-state index in [9.17, 15) is 4.39 Å². The summed E-state index contributed by atoms with van der Waals surface area (Å²) in [5.74, 6) is 5.27. The van der Waals surface area contributed by atoms with Gasteiger partial charge in [-0.3, -0.25) is 5.01 Å². The molecule has 0 spiro atoms. The standard InChI is InChI=1S/C13H13ClFN5O/c14-11-6-10(2-3-12(11)15)20(17)7-9(16)8-21-13-18-4-1-5-19-13/h1-7H,8,16-17H2/b9-7-. The number of benzene rings is 1. The highest BCUT2D eigenvalue weighted by Gasteiger charge is 2.05.